The molecular weight excluding hydrogens is 653 g/mol. The van der Waals surface area contributed by atoms with Crippen LogP contribution in [0, 0.1) is 5.92 Å². The van der Waals surface area contributed by atoms with Gasteiger partial charge in [-0.05, 0) is 73.6 Å². The highest BCUT2D eigenvalue weighted by molar-refractivity contribution is 8.03. The van der Waals surface area contributed by atoms with Crippen molar-refractivity contribution in [3.8, 4) is 0 Å². The second-order valence-corrected chi connectivity index (χ2v) is 15.9. The highest BCUT2D eigenvalue weighted by Gasteiger charge is 2.44. The molecule has 0 aromatic heterocycles. The summed E-state index contributed by atoms with van der Waals surface area (Å²) >= 11 is 1.80. The maximum Gasteiger partial charge on any atom is 0.309 e. The van der Waals surface area contributed by atoms with Crippen molar-refractivity contribution >= 4 is 40.8 Å². The summed E-state index contributed by atoms with van der Waals surface area (Å²) in [5.41, 5.74) is 8.75. The van der Waals surface area contributed by atoms with Gasteiger partial charge in [-0.2, -0.15) is 4.58 Å². The number of carbonyl (C=O) groups is 2. The molecule has 0 bridgehead atoms. The number of benzene rings is 3. The van der Waals surface area contributed by atoms with Gasteiger partial charge in [0, 0.05) is 50.9 Å². The topological polar surface area (TPSA) is 80.9 Å². The minimum Gasteiger partial charge on any atom is -0.481 e. The molecule has 2 aliphatic heterocycles. The van der Waals surface area contributed by atoms with Gasteiger partial charge in [0.15, 0.2) is 12.3 Å². The van der Waals surface area contributed by atoms with Gasteiger partial charge < -0.3 is 15.1 Å². The third-order valence-corrected chi connectivity index (χ3v) is 12.0. The molecule has 6 nitrogen and oxygen atoms in total. The second-order valence-electron chi connectivity index (χ2n) is 14.8. The Morgan fingerprint density at radius 1 is 0.824 bits per heavy atom. The van der Waals surface area contributed by atoms with Crippen molar-refractivity contribution in [2.45, 2.75) is 82.4 Å². The lowest BCUT2D eigenvalue weighted by Gasteiger charge is -2.29. The third-order valence-electron chi connectivity index (χ3n) is 10.7. The summed E-state index contributed by atoms with van der Waals surface area (Å²) in [7, 11) is 0. The van der Waals surface area contributed by atoms with Gasteiger partial charge in [0.05, 0.1) is 11.8 Å². The zero-order valence-electron chi connectivity index (χ0n) is 30.4. The minimum atomic E-state index is -0.804. The Bertz CT molecular complexity index is 1980. The molecule has 3 aromatic carbocycles. The molecular formula is C44H49N2O4S+. The fourth-order valence-corrected chi connectivity index (χ4v) is 9.03. The normalized spacial score (nSPS) is 20.8. The largest absolute Gasteiger partial charge is 0.481 e. The molecule has 2 N–H and O–H groups in total. The van der Waals surface area contributed by atoms with Crippen LogP contribution in [-0.4, -0.2) is 45.5 Å². The number of hydrogen-bond acceptors (Lipinski definition) is 4. The van der Waals surface area contributed by atoms with E-state index < -0.39 is 11.9 Å². The smallest absolute Gasteiger partial charge is 0.309 e. The van der Waals surface area contributed by atoms with Crippen molar-refractivity contribution < 1.29 is 24.4 Å². The van der Waals surface area contributed by atoms with Gasteiger partial charge in [-0.15, -0.1) is 0 Å². The maximum atomic E-state index is 11.7. The zero-order chi connectivity index (χ0) is 36.3. The van der Waals surface area contributed by atoms with Crippen LogP contribution < -0.4 is 4.90 Å². The van der Waals surface area contributed by atoms with Gasteiger partial charge in [-0.1, -0.05) is 106 Å². The van der Waals surface area contributed by atoms with E-state index in [0.717, 1.165) is 42.0 Å². The summed E-state index contributed by atoms with van der Waals surface area (Å²) in [6, 6.07) is 27.2. The van der Waals surface area contributed by atoms with E-state index in [-0.39, 0.29) is 23.7 Å². The summed E-state index contributed by atoms with van der Waals surface area (Å²) in [6.45, 7) is 12.0. The molecule has 2 heterocycles. The molecule has 3 aliphatic rings. The van der Waals surface area contributed by atoms with Crippen LogP contribution in [-0.2, 0) is 20.4 Å². The van der Waals surface area contributed by atoms with Crippen molar-refractivity contribution in [1.29, 1.82) is 0 Å². The number of para-hydroxylation sites is 2. The Labute approximate surface area is 306 Å². The number of rotatable bonds is 12. The maximum absolute atomic E-state index is 11.7. The molecule has 6 rings (SSSR count). The molecule has 51 heavy (non-hydrogen) atoms. The molecule has 1 atom stereocenters. The van der Waals surface area contributed by atoms with E-state index in [1.165, 1.54) is 32.1 Å². The quantitative estimate of drug-likeness (QED) is 0.183. The number of nitrogens with zero attached hydrogens (tertiary/aromatic N) is 2. The van der Waals surface area contributed by atoms with Gasteiger partial charge in [0.1, 0.15) is 6.42 Å². The average molecular weight is 702 g/mol. The van der Waals surface area contributed by atoms with Crippen LogP contribution in [0.4, 0.5) is 11.4 Å². The van der Waals surface area contributed by atoms with Crippen LogP contribution in [0.5, 0.6) is 0 Å². The van der Waals surface area contributed by atoms with Gasteiger partial charge in [-0.25, -0.2) is 0 Å². The molecule has 0 saturated carbocycles. The van der Waals surface area contributed by atoms with Gasteiger partial charge in [-0.3, -0.25) is 9.59 Å². The number of fused-ring (bicyclic) bond motifs is 2. The molecule has 0 amide bonds. The Kier molecular flexibility index (Phi) is 10.6. The van der Waals surface area contributed by atoms with Crippen LogP contribution in [0.3, 0.4) is 0 Å². The fraction of sp³-hybridized carbons (Fsp3) is 0.341. The van der Waals surface area contributed by atoms with E-state index in [1.54, 1.807) is 11.8 Å². The Balaban J connectivity index is 1.48. The molecule has 0 radical (unpaired) electrons. The van der Waals surface area contributed by atoms with E-state index in [4.69, 9.17) is 0 Å². The Hall–Kier alpha value is -4.62. The van der Waals surface area contributed by atoms with E-state index >= 15 is 0 Å². The summed E-state index contributed by atoms with van der Waals surface area (Å²) < 4.78 is 2.19. The van der Waals surface area contributed by atoms with E-state index in [9.17, 15) is 19.8 Å². The summed E-state index contributed by atoms with van der Waals surface area (Å²) in [4.78, 5) is 28.0. The number of carboxylic acid groups (broad SMARTS) is 2. The fourth-order valence-electron chi connectivity index (χ4n) is 7.94. The lowest BCUT2D eigenvalue weighted by atomic mass is 9.80. The van der Waals surface area contributed by atoms with Crippen molar-refractivity contribution in [2.75, 3.05) is 18.0 Å². The number of allylic oxidation sites excluding steroid dienone is 7. The predicted octanol–water partition coefficient (Wildman–Crippen LogP) is 10.0. The highest BCUT2D eigenvalue weighted by Crippen LogP contribution is 2.49. The molecule has 3 aromatic rings. The van der Waals surface area contributed by atoms with Crippen LogP contribution in [0.25, 0.3) is 0 Å². The standard InChI is InChI=1S/C44H48N2O4S/c1-6-30-28-31(20-22-38-43(2,3)34-16-10-12-18-36(34)45(38)26-24-40(47)48)42(51-33-14-8-7-9-15-33)32(29-30)21-23-39-44(4,5)35-17-11-13-19-37(35)46(39)27-25-41(49)50/h7-23,30H,6,24-29H2,1-5H3,(H-,47,48,49,50)/p+1. The van der Waals surface area contributed by atoms with Crippen LogP contribution in [0.15, 0.2) is 130 Å². The first-order valence-corrected chi connectivity index (χ1v) is 18.8. The number of aliphatic carboxylic acids is 2. The van der Waals surface area contributed by atoms with Crippen LogP contribution >= 0.6 is 11.8 Å². The van der Waals surface area contributed by atoms with Crippen LogP contribution in [0.1, 0.15) is 77.8 Å². The Morgan fingerprint density at radius 3 is 2.20 bits per heavy atom. The Morgan fingerprint density at radius 2 is 1.49 bits per heavy atom. The summed E-state index contributed by atoms with van der Waals surface area (Å²) in [5.74, 6) is -1.14. The van der Waals surface area contributed by atoms with Crippen LogP contribution in [0.2, 0.25) is 0 Å². The second kappa shape index (κ2) is 14.9. The SMILES string of the molecule is CCC1CC(=CC=C2N(CCC(=O)O)c3ccccc3C2(C)C)C(Sc2ccccc2)=C(C=CC2=[N+](CCC(=O)O)c3ccccc3C2(C)C)C1. The number of hydrogen-bond donors (Lipinski definition) is 2. The first-order chi connectivity index (χ1) is 24.4. The van der Waals surface area contributed by atoms with Gasteiger partial charge >= 0.3 is 11.9 Å². The van der Waals surface area contributed by atoms with Gasteiger partial charge in [0.25, 0.3) is 0 Å². The molecule has 1 aliphatic carbocycles. The minimum absolute atomic E-state index is 0.0583. The number of carboxylic acids is 2. The molecule has 1 unspecified atom stereocenters. The van der Waals surface area contributed by atoms with Crippen molar-refractivity contribution in [2.24, 2.45) is 5.92 Å². The van der Waals surface area contributed by atoms with E-state index in [1.807, 2.05) is 18.2 Å². The lowest BCUT2D eigenvalue weighted by Crippen LogP contribution is -2.28. The zero-order valence-corrected chi connectivity index (χ0v) is 31.2. The van der Waals surface area contributed by atoms with Gasteiger partial charge in [0.2, 0.25) is 5.69 Å². The van der Waals surface area contributed by atoms with Crippen molar-refractivity contribution in [3.63, 3.8) is 0 Å². The molecule has 0 saturated heterocycles. The monoisotopic (exact) mass is 701 g/mol. The van der Waals surface area contributed by atoms with Crippen molar-refractivity contribution in [1.82, 2.24) is 0 Å². The average Bonchev–Trinajstić information content (AvgIpc) is 3.47. The molecule has 7 heteroatoms. The highest BCUT2D eigenvalue weighted by atomic mass is 32.2. The number of thioether (sulfide) groups is 1. The molecule has 264 valence electrons. The molecule has 0 spiro atoms. The van der Waals surface area contributed by atoms with E-state index in [2.05, 4.69) is 129 Å². The lowest BCUT2D eigenvalue weighted by molar-refractivity contribution is -0.436. The molecule has 0 fully saturated rings. The van der Waals surface area contributed by atoms with Crippen molar-refractivity contribution in [3.05, 3.63) is 136 Å². The summed E-state index contributed by atoms with van der Waals surface area (Å²) in [6.07, 6.45) is 12.1. The van der Waals surface area contributed by atoms with E-state index in [0.29, 0.717) is 19.0 Å². The summed E-state index contributed by atoms with van der Waals surface area (Å²) in [5, 5.41) is 19.2. The first kappa shape index (κ1) is 36.2. The predicted molar refractivity (Wildman–Crippen MR) is 208 cm³/mol. The number of anilines is 1. The third kappa shape index (κ3) is 7.41. The first-order valence-electron chi connectivity index (χ1n) is 18.0.